The lowest BCUT2D eigenvalue weighted by atomic mass is 10.3. The van der Waals surface area contributed by atoms with Crippen LogP contribution in [-0.4, -0.2) is 49.2 Å². The molecule has 9 heteroatoms. The number of aliphatic hydroxyl groups is 1. The van der Waals surface area contributed by atoms with E-state index >= 15 is 0 Å². The van der Waals surface area contributed by atoms with Crippen molar-refractivity contribution in [1.82, 2.24) is 19.7 Å². The predicted octanol–water partition coefficient (Wildman–Crippen LogP) is 0.149. The predicted molar refractivity (Wildman–Crippen MR) is 77.5 cm³/mol. The zero-order chi connectivity index (χ0) is 15.2. The highest BCUT2D eigenvalue weighted by atomic mass is 32.2. The van der Waals surface area contributed by atoms with Crippen LogP contribution in [0, 0.1) is 0 Å². The van der Waals surface area contributed by atoms with Crippen LogP contribution in [0.2, 0.25) is 0 Å². The van der Waals surface area contributed by atoms with Gasteiger partial charge in [-0.2, -0.15) is 5.10 Å². The molecule has 2 aromatic heterocycles. The zero-order valence-corrected chi connectivity index (χ0v) is 12.4. The van der Waals surface area contributed by atoms with E-state index in [9.17, 15) is 4.79 Å². The van der Waals surface area contributed by atoms with Crippen LogP contribution in [0.1, 0.15) is 13.3 Å². The summed E-state index contributed by atoms with van der Waals surface area (Å²) in [6.45, 7) is 2.27. The summed E-state index contributed by atoms with van der Waals surface area (Å²) in [6.07, 6.45) is 3.68. The van der Waals surface area contributed by atoms with Crippen molar-refractivity contribution >= 4 is 28.7 Å². The first-order chi connectivity index (χ1) is 10.2. The molecule has 1 amide bonds. The molecule has 21 heavy (non-hydrogen) atoms. The van der Waals surface area contributed by atoms with E-state index in [2.05, 4.69) is 15.1 Å². The molecule has 2 heterocycles. The van der Waals surface area contributed by atoms with E-state index in [0.717, 1.165) is 5.39 Å². The van der Waals surface area contributed by atoms with Crippen LogP contribution in [-0.2, 0) is 16.3 Å². The minimum atomic E-state index is -0.368. The molecule has 0 aliphatic heterocycles. The number of amides is 1. The Labute approximate surface area is 125 Å². The standard InChI is InChI=1S/C12H17N5O3S/c1-2-9(10(13)19)21-12-8-5-16-17(7-20-4-3-18)11(8)14-6-15-12/h5-6,9,18H,2-4,7H2,1H3,(H2,13,19). The van der Waals surface area contributed by atoms with Crippen molar-refractivity contribution in [2.75, 3.05) is 13.2 Å². The van der Waals surface area contributed by atoms with Crippen LogP contribution in [0.15, 0.2) is 17.6 Å². The Kier molecular flexibility index (Phi) is 5.48. The quantitative estimate of drug-likeness (QED) is 0.405. The van der Waals surface area contributed by atoms with Crippen LogP contribution < -0.4 is 5.73 Å². The number of thioether (sulfide) groups is 1. The lowest BCUT2D eigenvalue weighted by molar-refractivity contribution is -0.117. The van der Waals surface area contributed by atoms with E-state index in [0.29, 0.717) is 17.1 Å². The third-order valence-electron chi connectivity index (χ3n) is 2.79. The Morgan fingerprint density at radius 3 is 3.05 bits per heavy atom. The molecule has 0 spiro atoms. The second-order valence-corrected chi connectivity index (χ2v) is 5.43. The summed E-state index contributed by atoms with van der Waals surface area (Å²) >= 11 is 1.31. The summed E-state index contributed by atoms with van der Waals surface area (Å²) in [7, 11) is 0. The number of hydrogen-bond acceptors (Lipinski definition) is 7. The van der Waals surface area contributed by atoms with Crippen LogP contribution >= 0.6 is 11.8 Å². The van der Waals surface area contributed by atoms with Gasteiger partial charge in [0.15, 0.2) is 5.65 Å². The summed E-state index contributed by atoms with van der Waals surface area (Å²) in [6, 6.07) is 0. The number of fused-ring (bicyclic) bond motifs is 1. The minimum absolute atomic E-state index is 0.0495. The second-order valence-electron chi connectivity index (χ2n) is 4.24. The molecule has 3 N–H and O–H groups in total. The van der Waals surface area contributed by atoms with Gasteiger partial charge in [-0.25, -0.2) is 14.6 Å². The van der Waals surface area contributed by atoms with Gasteiger partial charge in [-0.1, -0.05) is 18.7 Å². The Bertz CT molecular complexity index is 618. The molecule has 0 bridgehead atoms. The van der Waals surface area contributed by atoms with E-state index in [4.69, 9.17) is 15.6 Å². The van der Waals surface area contributed by atoms with Gasteiger partial charge in [0.1, 0.15) is 18.1 Å². The van der Waals surface area contributed by atoms with Crippen LogP contribution in [0.25, 0.3) is 11.0 Å². The number of ether oxygens (including phenoxy) is 1. The first kappa shape index (κ1) is 15.7. The fraction of sp³-hybridized carbons (Fsp3) is 0.500. The fourth-order valence-corrected chi connectivity index (χ4v) is 2.68. The molecule has 0 saturated heterocycles. The van der Waals surface area contributed by atoms with Crippen molar-refractivity contribution in [3.63, 3.8) is 0 Å². The first-order valence-corrected chi connectivity index (χ1v) is 7.36. The normalized spacial score (nSPS) is 12.7. The number of primary amides is 1. The Morgan fingerprint density at radius 2 is 2.38 bits per heavy atom. The lowest BCUT2D eigenvalue weighted by Gasteiger charge is -2.10. The van der Waals surface area contributed by atoms with E-state index in [1.54, 1.807) is 10.9 Å². The Balaban J connectivity index is 2.23. The van der Waals surface area contributed by atoms with Crippen LogP contribution in [0.3, 0.4) is 0 Å². The van der Waals surface area contributed by atoms with Gasteiger partial charge < -0.3 is 15.6 Å². The highest BCUT2D eigenvalue weighted by Crippen LogP contribution is 2.29. The van der Waals surface area contributed by atoms with Gasteiger partial charge in [0.05, 0.1) is 30.0 Å². The highest BCUT2D eigenvalue weighted by Gasteiger charge is 2.18. The minimum Gasteiger partial charge on any atom is -0.394 e. The smallest absolute Gasteiger partial charge is 0.230 e. The number of hydrogen-bond donors (Lipinski definition) is 2. The van der Waals surface area contributed by atoms with Gasteiger partial charge in [-0.15, -0.1) is 0 Å². The van der Waals surface area contributed by atoms with Crippen molar-refractivity contribution in [3.05, 3.63) is 12.5 Å². The fourth-order valence-electron chi connectivity index (χ4n) is 1.75. The van der Waals surface area contributed by atoms with E-state index < -0.39 is 0 Å². The summed E-state index contributed by atoms with van der Waals surface area (Å²) < 4.78 is 6.80. The molecule has 114 valence electrons. The SMILES string of the molecule is CCC(Sc1ncnc2c1cnn2COCCO)C(N)=O. The highest BCUT2D eigenvalue weighted by molar-refractivity contribution is 8.00. The molecule has 1 unspecified atom stereocenters. The summed E-state index contributed by atoms with van der Waals surface area (Å²) in [4.78, 5) is 19.7. The number of nitrogens with two attached hydrogens (primary N) is 1. The molecular weight excluding hydrogens is 294 g/mol. The third-order valence-corrected chi connectivity index (χ3v) is 4.19. The maximum Gasteiger partial charge on any atom is 0.230 e. The third kappa shape index (κ3) is 3.69. The van der Waals surface area contributed by atoms with Crippen molar-refractivity contribution in [2.45, 2.75) is 30.4 Å². The van der Waals surface area contributed by atoms with E-state index in [1.165, 1.54) is 18.1 Å². The number of carbonyl (C=O) groups excluding carboxylic acids is 1. The van der Waals surface area contributed by atoms with Crippen molar-refractivity contribution in [2.24, 2.45) is 5.73 Å². The number of carbonyl (C=O) groups is 1. The zero-order valence-electron chi connectivity index (χ0n) is 11.6. The molecule has 2 aromatic rings. The second kappa shape index (κ2) is 7.34. The monoisotopic (exact) mass is 311 g/mol. The molecular formula is C12H17N5O3S. The van der Waals surface area contributed by atoms with Crippen molar-refractivity contribution in [1.29, 1.82) is 0 Å². The van der Waals surface area contributed by atoms with Gasteiger partial charge in [0, 0.05) is 0 Å². The molecule has 8 nitrogen and oxygen atoms in total. The van der Waals surface area contributed by atoms with Crippen LogP contribution in [0.4, 0.5) is 0 Å². The number of aromatic nitrogens is 4. The first-order valence-electron chi connectivity index (χ1n) is 6.48. The molecule has 1 atom stereocenters. The molecule has 0 radical (unpaired) electrons. The summed E-state index contributed by atoms with van der Waals surface area (Å²) in [5, 5.41) is 14.0. The number of rotatable bonds is 8. The van der Waals surface area contributed by atoms with E-state index in [-0.39, 0.29) is 31.1 Å². The van der Waals surface area contributed by atoms with Gasteiger partial charge >= 0.3 is 0 Å². The van der Waals surface area contributed by atoms with Gasteiger partial charge in [0.2, 0.25) is 5.91 Å². The van der Waals surface area contributed by atoms with Gasteiger partial charge in [-0.3, -0.25) is 4.79 Å². The lowest BCUT2D eigenvalue weighted by Crippen LogP contribution is -2.24. The van der Waals surface area contributed by atoms with Gasteiger partial charge in [0.25, 0.3) is 0 Å². The van der Waals surface area contributed by atoms with Crippen molar-refractivity contribution < 1.29 is 14.6 Å². The average Bonchev–Trinajstić information content (AvgIpc) is 2.89. The average molecular weight is 311 g/mol. The van der Waals surface area contributed by atoms with Crippen molar-refractivity contribution in [3.8, 4) is 0 Å². The molecule has 2 rings (SSSR count). The molecule has 0 saturated carbocycles. The van der Waals surface area contributed by atoms with Gasteiger partial charge in [-0.05, 0) is 6.42 Å². The maximum atomic E-state index is 11.3. The topological polar surface area (TPSA) is 116 Å². The molecule has 0 aromatic carbocycles. The molecule has 0 aliphatic carbocycles. The number of aliphatic hydroxyl groups excluding tert-OH is 1. The van der Waals surface area contributed by atoms with Crippen LogP contribution in [0.5, 0.6) is 0 Å². The van der Waals surface area contributed by atoms with E-state index in [1.807, 2.05) is 6.92 Å². The summed E-state index contributed by atoms with van der Waals surface area (Å²) in [5.41, 5.74) is 5.97. The summed E-state index contributed by atoms with van der Waals surface area (Å²) in [5.74, 6) is -0.368. The molecule has 0 fully saturated rings. The number of nitrogens with zero attached hydrogens (tertiary/aromatic N) is 4. The maximum absolute atomic E-state index is 11.3. The molecule has 0 aliphatic rings. The Morgan fingerprint density at radius 1 is 1.57 bits per heavy atom. The largest absolute Gasteiger partial charge is 0.394 e. The Hall–Kier alpha value is -1.71.